The van der Waals surface area contributed by atoms with Crippen molar-refractivity contribution in [1.82, 2.24) is 0 Å². The fraction of sp³-hybridized carbons (Fsp3) is 0.714. The first-order chi connectivity index (χ1) is 4.22. The van der Waals surface area contributed by atoms with Gasteiger partial charge >= 0.3 is 0 Å². The van der Waals surface area contributed by atoms with Crippen molar-refractivity contribution in [2.45, 2.75) is 25.6 Å². The van der Waals surface area contributed by atoms with Crippen LogP contribution in [0.5, 0.6) is 0 Å². The van der Waals surface area contributed by atoms with Crippen LogP contribution >= 0.6 is 0 Å². The third-order valence-corrected chi connectivity index (χ3v) is 1.32. The second-order valence-electron chi connectivity index (χ2n) is 2.03. The van der Waals surface area contributed by atoms with Gasteiger partial charge in [-0.25, -0.2) is 0 Å². The molecule has 0 aliphatic heterocycles. The van der Waals surface area contributed by atoms with E-state index in [1.165, 1.54) is 0 Å². The van der Waals surface area contributed by atoms with E-state index in [2.05, 4.69) is 6.58 Å². The largest absolute Gasteiger partial charge is 0.390 e. The van der Waals surface area contributed by atoms with Gasteiger partial charge in [0, 0.05) is 7.11 Å². The average molecular weight is 130 g/mol. The minimum Gasteiger partial charge on any atom is -0.390 e. The summed E-state index contributed by atoms with van der Waals surface area (Å²) in [4.78, 5) is 0. The Morgan fingerprint density at radius 1 is 1.78 bits per heavy atom. The lowest BCUT2D eigenvalue weighted by molar-refractivity contribution is 0.00179. The highest BCUT2D eigenvalue weighted by Gasteiger charge is 2.09. The summed E-state index contributed by atoms with van der Waals surface area (Å²) in [5, 5.41) is 9.12. The highest BCUT2D eigenvalue weighted by atomic mass is 16.5. The Bertz CT molecular complexity index is 81.0. The monoisotopic (exact) mass is 130 g/mol. The van der Waals surface area contributed by atoms with Crippen LogP contribution in [0.3, 0.4) is 0 Å². The number of aliphatic hydroxyl groups excluding tert-OH is 1. The Kier molecular flexibility index (Phi) is 4.36. The van der Waals surface area contributed by atoms with Crippen LogP contribution in [-0.4, -0.2) is 24.4 Å². The Labute approximate surface area is 56.1 Å². The molecular formula is C7H14O2. The van der Waals surface area contributed by atoms with Gasteiger partial charge in [-0.15, -0.1) is 6.58 Å². The Morgan fingerprint density at radius 3 is 2.67 bits per heavy atom. The first-order valence-corrected chi connectivity index (χ1v) is 3.04. The number of aliphatic hydroxyl groups is 1. The first-order valence-electron chi connectivity index (χ1n) is 3.04. The van der Waals surface area contributed by atoms with E-state index in [9.17, 15) is 0 Å². The van der Waals surface area contributed by atoms with Crippen molar-refractivity contribution in [2.75, 3.05) is 7.11 Å². The van der Waals surface area contributed by atoms with Gasteiger partial charge in [0.15, 0.2) is 0 Å². The Hall–Kier alpha value is -0.340. The maximum Gasteiger partial charge on any atom is 0.0833 e. The molecule has 0 saturated carbocycles. The van der Waals surface area contributed by atoms with E-state index in [0.29, 0.717) is 6.42 Å². The summed E-state index contributed by atoms with van der Waals surface area (Å²) in [6, 6.07) is 0. The van der Waals surface area contributed by atoms with E-state index in [0.717, 1.165) is 0 Å². The summed E-state index contributed by atoms with van der Waals surface area (Å²) in [7, 11) is 1.58. The summed E-state index contributed by atoms with van der Waals surface area (Å²) in [5.41, 5.74) is 0. The minimum absolute atomic E-state index is 0.0944. The van der Waals surface area contributed by atoms with Gasteiger partial charge in [0.2, 0.25) is 0 Å². The van der Waals surface area contributed by atoms with Crippen LogP contribution in [-0.2, 0) is 4.74 Å². The molecule has 9 heavy (non-hydrogen) atoms. The molecule has 2 nitrogen and oxygen atoms in total. The van der Waals surface area contributed by atoms with E-state index in [1.807, 2.05) is 6.92 Å². The summed E-state index contributed by atoms with van der Waals surface area (Å²) in [5.74, 6) is 0. The predicted octanol–water partition coefficient (Wildman–Crippen LogP) is 0.958. The van der Waals surface area contributed by atoms with Crippen LogP contribution < -0.4 is 0 Å². The lowest BCUT2D eigenvalue weighted by Gasteiger charge is -2.14. The number of ether oxygens (including phenoxy) is 1. The van der Waals surface area contributed by atoms with E-state index >= 15 is 0 Å². The van der Waals surface area contributed by atoms with E-state index in [4.69, 9.17) is 9.84 Å². The van der Waals surface area contributed by atoms with Crippen molar-refractivity contribution in [3.8, 4) is 0 Å². The number of hydrogen-bond donors (Lipinski definition) is 1. The van der Waals surface area contributed by atoms with Crippen molar-refractivity contribution >= 4 is 0 Å². The first kappa shape index (κ1) is 8.66. The van der Waals surface area contributed by atoms with Gasteiger partial charge in [0.25, 0.3) is 0 Å². The molecule has 0 rings (SSSR count). The molecule has 2 atom stereocenters. The zero-order chi connectivity index (χ0) is 7.28. The zero-order valence-electron chi connectivity index (χ0n) is 6.00. The zero-order valence-corrected chi connectivity index (χ0v) is 6.00. The molecule has 0 fully saturated rings. The van der Waals surface area contributed by atoms with Gasteiger partial charge in [-0.3, -0.25) is 0 Å². The maximum atomic E-state index is 9.12. The average Bonchev–Trinajstić information content (AvgIpc) is 1.87. The molecule has 0 saturated heterocycles. The smallest absolute Gasteiger partial charge is 0.0833 e. The molecule has 0 aromatic heterocycles. The quantitative estimate of drug-likeness (QED) is 0.574. The van der Waals surface area contributed by atoms with Crippen molar-refractivity contribution < 1.29 is 9.84 Å². The van der Waals surface area contributed by atoms with Crippen LogP contribution in [0, 0.1) is 0 Å². The van der Waals surface area contributed by atoms with Crippen molar-refractivity contribution in [2.24, 2.45) is 0 Å². The maximum absolute atomic E-state index is 9.12. The molecule has 0 spiro atoms. The SMILES string of the molecule is C=CCC(O)C(C)OC. The van der Waals surface area contributed by atoms with Gasteiger partial charge in [-0.05, 0) is 13.3 Å². The summed E-state index contributed by atoms with van der Waals surface area (Å²) in [6.07, 6.45) is 1.77. The normalized spacial score (nSPS) is 16.8. The topological polar surface area (TPSA) is 29.5 Å². The van der Waals surface area contributed by atoms with Crippen LogP contribution in [0.4, 0.5) is 0 Å². The number of hydrogen-bond acceptors (Lipinski definition) is 2. The third kappa shape index (κ3) is 3.27. The summed E-state index contributed by atoms with van der Waals surface area (Å²) in [6.45, 7) is 5.33. The predicted molar refractivity (Wildman–Crippen MR) is 37.3 cm³/mol. The van der Waals surface area contributed by atoms with Crippen molar-refractivity contribution in [3.63, 3.8) is 0 Å². The van der Waals surface area contributed by atoms with Gasteiger partial charge < -0.3 is 9.84 Å². The van der Waals surface area contributed by atoms with Gasteiger partial charge in [-0.2, -0.15) is 0 Å². The van der Waals surface area contributed by atoms with E-state index in [-0.39, 0.29) is 6.10 Å². The Balaban J connectivity index is 3.44. The van der Waals surface area contributed by atoms with Crippen molar-refractivity contribution in [1.29, 1.82) is 0 Å². The molecule has 0 heterocycles. The standard InChI is InChI=1S/C7H14O2/c1-4-5-7(8)6(2)9-3/h4,6-8H,1,5H2,2-3H3. The molecule has 2 heteroatoms. The second kappa shape index (κ2) is 4.53. The lowest BCUT2D eigenvalue weighted by Crippen LogP contribution is -2.23. The molecule has 0 aromatic carbocycles. The molecule has 0 aliphatic rings. The minimum atomic E-state index is -0.410. The molecule has 0 radical (unpaired) electrons. The van der Waals surface area contributed by atoms with Crippen LogP contribution in [0.15, 0.2) is 12.7 Å². The van der Waals surface area contributed by atoms with Gasteiger partial charge in [-0.1, -0.05) is 6.08 Å². The molecule has 0 amide bonds. The molecule has 0 aliphatic carbocycles. The van der Waals surface area contributed by atoms with E-state index < -0.39 is 6.10 Å². The molecule has 1 N–H and O–H groups in total. The number of rotatable bonds is 4. The molecule has 2 unspecified atom stereocenters. The van der Waals surface area contributed by atoms with E-state index in [1.54, 1.807) is 13.2 Å². The summed E-state index contributed by atoms with van der Waals surface area (Å²) >= 11 is 0. The molecule has 54 valence electrons. The van der Waals surface area contributed by atoms with Gasteiger partial charge in [0.1, 0.15) is 0 Å². The fourth-order valence-corrected chi connectivity index (χ4v) is 0.519. The third-order valence-electron chi connectivity index (χ3n) is 1.32. The van der Waals surface area contributed by atoms with Crippen LogP contribution in [0.25, 0.3) is 0 Å². The second-order valence-corrected chi connectivity index (χ2v) is 2.03. The number of methoxy groups -OCH3 is 1. The molecule has 0 bridgehead atoms. The van der Waals surface area contributed by atoms with Gasteiger partial charge in [0.05, 0.1) is 12.2 Å². The lowest BCUT2D eigenvalue weighted by atomic mass is 10.2. The highest BCUT2D eigenvalue weighted by Crippen LogP contribution is 2.01. The molecule has 0 aromatic rings. The fourth-order valence-electron chi connectivity index (χ4n) is 0.519. The Morgan fingerprint density at radius 2 is 2.33 bits per heavy atom. The molecular weight excluding hydrogens is 116 g/mol. The van der Waals surface area contributed by atoms with Crippen molar-refractivity contribution in [3.05, 3.63) is 12.7 Å². The highest BCUT2D eigenvalue weighted by molar-refractivity contribution is 4.75. The summed E-state index contributed by atoms with van der Waals surface area (Å²) < 4.78 is 4.87. The van der Waals surface area contributed by atoms with Crippen LogP contribution in [0.2, 0.25) is 0 Å². The van der Waals surface area contributed by atoms with Crippen LogP contribution in [0.1, 0.15) is 13.3 Å².